The maximum absolute atomic E-state index is 11.7. The molecule has 124 valence electrons. The summed E-state index contributed by atoms with van der Waals surface area (Å²) in [5.41, 5.74) is 5.21. The number of piperidine rings is 1. The Hall–Kier alpha value is -0.610. The summed E-state index contributed by atoms with van der Waals surface area (Å²) in [7, 11) is 0. The molecule has 4 nitrogen and oxygen atoms in total. The fourth-order valence-corrected chi connectivity index (χ4v) is 3.33. The largest absolute Gasteiger partial charge is 0.465 e. The van der Waals surface area contributed by atoms with Gasteiger partial charge >= 0.3 is 5.97 Å². The van der Waals surface area contributed by atoms with Gasteiger partial charge in [0.25, 0.3) is 0 Å². The van der Waals surface area contributed by atoms with Crippen molar-refractivity contribution in [3.05, 3.63) is 0 Å². The smallest absolute Gasteiger partial charge is 0.325 e. The van der Waals surface area contributed by atoms with E-state index in [1.807, 2.05) is 6.92 Å². The minimum absolute atomic E-state index is 0.279. The molecule has 1 saturated heterocycles. The van der Waals surface area contributed by atoms with Crippen molar-refractivity contribution in [2.45, 2.75) is 71.9 Å². The molecule has 0 saturated carbocycles. The molecule has 0 aromatic carbocycles. The third kappa shape index (κ3) is 5.59. The third-order valence-electron chi connectivity index (χ3n) is 4.85. The van der Waals surface area contributed by atoms with Gasteiger partial charge < -0.3 is 15.4 Å². The summed E-state index contributed by atoms with van der Waals surface area (Å²) in [5.74, 6) is 1.28. The Labute approximate surface area is 130 Å². The van der Waals surface area contributed by atoms with Crippen LogP contribution in [0.4, 0.5) is 0 Å². The highest BCUT2D eigenvalue weighted by atomic mass is 16.5. The van der Waals surface area contributed by atoms with E-state index in [0.29, 0.717) is 19.1 Å². The number of carbonyl (C=O) groups excluding carboxylic acids is 1. The summed E-state index contributed by atoms with van der Waals surface area (Å²) in [6, 6.07) is 0.663. The van der Waals surface area contributed by atoms with E-state index in [9.17, 15) is 4.79 Å². The lowest BCUT2D eigenvalue weighted by Crippen LogP contribution is -2.47. The van der Waals surface area contributed by atoms with Gasteiger partial charge in [-0.05, 0) is 64.8 Å². The highest BCUT2D eigenvalue weighted by molar-refractivity contribution is 5.79. The molecule has 1 fully saturated rings. The SMILES string of the molecule is CCOC(=O)C(C)(N)CCCCN1CC(C)CC(C)C1C. The van der Waals surface area contributed by atoms with E-state index in [0.717, 1.165) is 31.2 Å². The monoisotopic (exact) mass is 298 g/mol. The second-order valence-corrected chi connectivity index (χ2v) is 7.15. The minimum atomic E-state index is -0.843. The van der Waals surface area contributed by atoms with Gasteiger partial charge in [-0.3, -0.25) is 4.79 Å². The minimum Gasteiger partial charge on any atom is -0.465 e. The quantitative estimate of drug-likeness (QED) is 0.580. The van der Waals surface area contributed by atoms with Crippen molar-refractivity contribution < 1.29 is 9.53 Å². The first-order chi connectivity index (χ1) is 9.77. The molecule has 4 unspecified atom stereocenters. The Morgan fingerprint density at radius 3 is 2.62 bits per heavy atom. The van der Waals surface area contributed by atoms with Crippen LogP contribution in [0.15, 0.2) is 0 Å². The van der Waals surface area contributed by atoms with Gasteiger partial charge in [-0.2, -0.15) is 0 Å². The number of nitrogens with zero attached hydrogens (tertiary/aromatic N) is 1. The van der Waals surface area contributed by atoms with Crippen LogP contribution in [-0.2, 0) is 9.53 Å². The molecule has 2 N–H and O–H groups in total. The summed E-state index contributed by atoms with van der Waals surface area (Å²) in [6.45, 7) is 13.3. The van der Waals surface area contributed by atoms with Crippen molar-refractivity contribution in [3.63, 3.8) is 0 Å². The van der Waals surface area contributed by atoms with Crippen LogP contribution >= 0.6 is 0 Å². The zero-order valence-electron chi connectivity index (χ0n) is 14.5. The van der Waals surface area contributed by atoms with Crippen LogP contribution in [-0.4, -0.2) is 42.1 Å². The highest BCUT2D eigenvalue weighted by Gasteiger charge is 2.30. The van der Waals surface area contributed by atoms with E-state index in [-0.39, 0.29) is 5.97 Å². The lowest BCUT2D eigenvalue weighted by Gasteiger charge is -2.41. The zero-order valence-corrected chi connectivity index (χ0v) is 14.5. The predicted molar refractivity (Wildman–Crippen MR) is 87.1 cm³/mol. The number of rotatable bonds is 7. The highest BCUT2D eigenvalue weighted by Crippen LogP contribution is 2.27. The molecule has 0 aromatic rings. The standard InChI is InChI=1S/C17H34N2O2/c1-6-21-16(20)17(5,18)9-7-8-10-19-12-13(2)11-14(3)15(19)4/h13-15H,6-12,18H2,1-5H3. The van der Waals surface area contributed by atoms with E-state index in [4.69, 9.17) is 10.5 Å². The molecule has 0 radical (unpaired) electrons. The summed E-state index contributed by atoms with van der Waals surface area (Å²) in [4.78, 5) is 14.3. The van der Waals surface area contributed by atoms with Crippen molar-refractivity contribution in [1.29, 1.82) is 0 Å². The maximum atomic E-state index is 11.7. The van der Waals surface area contributed by atoms with E-state index in [1.54, 1.807) is 6.92 Å². The number of unbranched alkanes of at least 4 members (excludes halogenated alkanes) is 1. The van der Waals surface area contributed by atoms with E-state index in [1.165, 1.54) is 13.0 Å². The summed E-state index contributed by atoms with van der Waals surface area (Å²) >= 11 is 0. The van der Waals surface area contributed by atoms with Crippen LogP contribution in [0.2, 0.25) is 0 Å². The Kier molecular flexibility index (Phi) is 7.14. The van der Waals surface area contributed by atoms with E-state index in [2.05, 4.69) is 25.7 Å². The fraction of sp³-hybridized carbons (Fsp3) is 0.941. The number of ether oxygens (including phenoxy) is 1. The van der Waals surface area contributed by atoms with Crippen molar-refractivity contribution in [2.24, 2.45) is 17.6 Å². The number of esters is 1. The van der Waals surface area contributed by atoms with Crippen molar-refractivity contribution >= 4 is 5.97 Å². The number of nitrogens with two attached hydrogens (primary N) is 1. The number of carbonyl (C=O) groups is 1. The predicted octanol–water partition coefficient (Wildman–Crippen LogP) is 2.80. The second-order valence-electron chi connectivity index (χ2n) is 7.15. The Morgan fingerprint density at radius 2 is 2.00 bits per heavy atom. The third-order valence-corrected chi connectivity index (χ3v) is 4.85. The van der Waals surface area contributed by atoms with Gasteiger partial charge in [-0.1, -0.05) is 13.8 Å². The lowest BCUT2D eigenvalue weighted by molar-refractivity contribution is -0.149. The topological polar surface area (TPSA) is 55.6 Å². The Bertz CT molecular complexity index is 331. The molecule has 0 spiro atoms. The molecule has 0 bridgehead atoms. The normalized spacial score (nSPS) is 29.9. The maximum Gasteiger partial charge on any atom is 0.325 e. The number of hydrogen-bond acceptors (Lipinski definition) is 4. The first kappa shape index (κ1) is 18.4. The van der Waals surface area contributed by atoms with Crippen molar-refractivity contribution in [2.75, 3.05) is 19.7 Å². The molecule has 0 aliphatic carbocycles. The van der Waals surface area contributed by atoms with Crippen molar-refractivity contribution in [1.82, 2.24) is 4.90 Å². The molecule has 0 amide bonds. The van der Waals surface area contributed by atoms with Crippen LogP contribution in [0.1, 0.15) is 60.3 Å². The molecule has 21 heavy (non-hydrogen) atoms. The lowest BCUT2D eigenvalue weighted by atomic mass is 9.86. The summed E-state index contributed by atoms with van der Waals surface area (Å²) in [6.07, 6.45) is 4.09. The van der Waals surface area contributed by atoms with Gasteiger partial charge in [0.15, 0.2) is 0 Å². The molecule has 1 rings (SSSR count). The summed E-state index contributed by atoms with van der Waals surface area (Å²) in [5, 5.41) is 0. The van der Waals surface area contributed by atoms with Crippen LogP contribution in [0.5, 0.6) is 0 Å². The fourth-order valence-electron chi connectivity index (χ4n) is 3.33. The Morgan fingerprint density at radius 1 is 1.33 bits per heavy atom. The van der Waals surface area contributed by atoms with E-state index >= 15 is 0 Å². The summed E-state index contributed by atoms with van der Waals surface area (Å²) < 4.78 is 5.02. The van der Waals surface area contributed by atoms with Crippen LogP contribution in [0.25, 0.3) is 0 Å². The Balaban J connectivity index is 2.31. The van der Waals surface area contributed by atoms with Gasteiger partial charge in [-0.25, -0.2) is 0 Å². The second kappa shape index (κ2) is 8.14. The molecule has 1 aliphatic rings. The molecule has 0 aromatic heterocycles. The number of hydrogen-bond donors (Lipinski definition) is 1. The molecular weight excluding hydrogens is 264 g/mol. The van der Waals surface area contributed by atoms with Gasteiger partial charge in [0.2, 0.25) is 0 Å². The average molecular weight is 298 g/mol. The molecule has 4 heteroatoms. The first-order valence-corrected chi connectivity index (χ1v) is 8.48. The molecule has 1 heterocycles. The zero-order chi connectivity index (χ0) is 16.0. The van der Waals surface area contributed by atoms with Gasteiger partial charge in [0.05, 0.1) is 6.61 Å². The first-order valence-electron chi connectivity index (χ1n) is 8.48. The van der Waals surface area contributed by atoms with Crippen LogP contribution in [0, 0.1) is 11.8 Å². The molecule has 1 aliphatic heterocycles. The van der Waals surface area contributed by atoms with Crippen molar-refractivity contribution in [3.8, 4) is 0 Å². The average Bonchev–Trinajstić information content (AvgIpc) is 2.40. The van der Waals surface area contributed by atoms with E-state index < -0.39 is 5.54 Å². The van der Waals surface area contributed by atoms with Crippen LogP contribution < -0.4 is 5.73 Å². The molecular formula is C17H34N2O2. The van der Waals surface area contributed by atoms with Crippen LogP contribution in [0.3, 0.4) is 0 Å². The van der Waals surface area contributed by atoms with Gasteiger partial charge in [-0.15, -0.1) is 0 Å². The molecule has 4 atom stereocenters. The number of likely N-dealkylation sites (tertiary alicyclic amines) is 1. The van der Waals surface area contributed by atoms with Gasteiger partial charge in [0.1, 0.15) is 5.54 Å². The van der Waals surface area contributed by atoms with Gasteiger partial charge in [0, 0.05) is 12.6 Å².